The summed E-state index contributed by atoms with van der Waals surface area (Å²) in [6.45, 7) is 0.350. The Hall–Kier alpha value is -4.47. The Balaban J connectivity index is 1.87. The molecular formula is C25H26N6O4. The highest BCUT2D eigenvalue weighted by Crippen LogP contribution is 2.22. The number of aromatic nitrogens is 4. The molecule has 2 aromatic carbocycles. The maximum absolute atomic E-state index is 13.5. The molecular weight excluding hydrogens is 448 g/mol. The van der Waals surface area contributed by atoms with Crippen molar-refractivity contribution < 1.29 is 9.90 Å². The van der Waals surface area contributed by atoms with Crippen LogP contribution in [0.25, 0.3) is 22.6 Å². The molecule has 35 heavy (non-hydrogen) atoms. The van der Waals surface area contributed by atoms with E-state index in [4.69, 9.17) is 16.2 Å². The number of carboxylic acids is 1. The minimum absolute atomic E-state index is 0.0286. The van der Waals surface area contributed by atoms with Gasteiger partial charge in [0.1, 0.15) is 11.7 Å². The molecule has 180 valence electrons. The molecule has 0 unspecified atom stereocenters. The normalized spacial score (nSPS) is 11.1. The second-order valence-corrected chi connectivity index (χ2v) is 8.32. The minimum atomic E-state index is -0.917. The van der Waals surface area contributed by atoms with Gasteiger partial charge in [0.25, 0.3) is 5.56 Å². The number of hydrogen-bond acceptors (Lipinski definition) is 5. The zero-order chi connectivity index (χ0) is 25.1. The van der Waals surface area contributed by atoms with E-state index in [1.54, 1.807) is 35.9 Å². The molecule has 4 aromatic rings. The summed E-state index contributed by atoms with van der Waals surface area (Å²) in [6, 6.07) is 16.4. The largest absolute Gasteiger partial charge is 0.481 e. The first-order chi connectivity index (χ1) is 16.8. The van der Waals surface area contributed by atoms with Gasteiger partial charge >= 0.3 is 11.7 Å². The molecule has 10 heteroatoms. The molecule has 0 aliphatic heterocycles. The van der Waals surface area contributed by atoms with E-state index in [2.05, 4.69) is 4.98 Å². The summed E-state index contributed by atoms with van der Waals surface area (Å²) >= 11 is 0. The molecule has 0 atom stereocenters. The second-order valence-electron chi connectivity index (χ2n) is 8.32. The van der Waals surface area contributed by atoms with Crippen molar-refractivity contribution in [3.63, 3.8) is 0 Å². The first-order valence-corrected chi connectivity index (χ1v) is 11.2. The highest BCUT2D eigenvalue weighted by atomic mass is 16.4. The van der Waals surface area contributed by atoms with E-state index in [1.165, 1.54) is 4.57 Å². The monoisotopic (exact) mass is 474 g/mol. The number of nitrogens with zero attached hydrogens (tertiary/aromatic N) is 4. The van der Waals surface area contributed by atoms with E-state index in [9.17, 15) is 14.4 Å². The fourth-order valence-corrected chi connectivity index (χ4v) is 4.10. The number of unbranched alkanes of at least 4 members (excludes halogenated alkanes) is 1. The maximum atomic E-state index is 13.5. The zero-order valence-electron chi connectivity index (χ0n) is 19.3. The number of aryl methyl sites for hydroxylation is 1. The van der Waals surface area contributed by atoms with Gasteiger partial charge in [-0.15, -0.1) is 0 Å². The van der Waals surface area contributed by atoms with Gasteiger partial charge in [-0.25, -0.2) is 9.78 Å². The van der Waals surface area contributed by atoms with E-state index in [0.29, 0.717) is 35.4 Å². The van der Waals surface area contributed by atoms with E-state index < -0.39 is 17.2 Å². The third-order valence-electron chi connectivity index (χ3n) is 5.89. The van der Waals surface area contributed by atoms with E-state index >= 15 is 0 Å². The van der Waals surface area contributed by atoms with Crippen LogP contribution in [0.4, 0.5) is 0 Å². The number of nitrogens with one attached hydrogen (secondary N) is 1. The highest BCUT2D eigenvalue weighted by molar-refractivity contribution is 5.95. The van der Waals surface area contributed by atoms with Crippen LogP contribution in [0.2, 0.25) is 0 Å². The number of aliphatic carboxylic acids is 1. The number of benzene rings is 2. The minimum Gasteiger partial charge on any atom is -0.481 e. The number of fused-ring (bicyclic) bond motifs is 1. The van der Waals surface area contributed by atoms with Crippen LogP contribution in [0.1, 0.15) is 30.4 Å². The van der Waals surface area contributed by atoms with Gasteiger partial charge in [-0.05, 0) is 18.4 Å². The Morgan fingerprint density at radius 1 is 1.03 bits per heavy atom. The smallest absolute Gasteiger partial charge is 0.333 e. The topological polar surface area (TPSA) is 149 Å². The first kappa shape index (κ1) is 23.7. The third kappa shape index (κ3) is 4.77. The van der Waals surface area contributed by atoms with Gasteiger partial charge in [0.2, 0.25) is 0 Å². The molecule has 0 radical (unpaired) electrons. The number of amidine groups is 1. The van der Waals surface area contributed by atoms with Crippen molar-refractivity contribution in [2.75, 3.05) is 0 Å². The standard InChI is InChI=1S/C25H26N6O4/c1-29-22(18-12-10-17(11-13-18)21(26)27)28-20-23(29)31(15-16-7-3-2-4-8-16)25(35)30(24(20)34)14-6-5-9-19(32)33/h2-4,7-8,10-13H,5-6,9,14-15H2,1H3,(H3,26,27)(H,32,33). The van der Waals surface area contributed by atoms with Gasteiger partial charge < -0.3 is 15.4 Å². The molecule has 0 fully saturated rings. The van der Waals surface area contributed by atoms with Crippen molar-refractivity contribution in [3.8, 4) is 11.4 Å². The Morgan fingerprint density at radius 3 is 2.34 bits per heavy atom. The van der Waals surface area contributed by atoms with E-state index in [1.807, 2.05) is 30.3 Å². The maximum Gasteiger partial charge on any atom is 0.333 e. The quantitative estimate of drug-likeness (QED) is 0.192. The highest BCUT2D eigenvalue weighted by Gasteiger charge is 2.21. The number of imidazole rings is 1. The van der Waals surface area contributed by atoms with Gasteiger partial charge in [-0.3, -0.25) is 24.1 Å². The zero-order valence-corrected chi connectivity index (χ0v) is 19.3. The molecule has 0 aliphatic rings. The fourth-order valence-electron chi connectivity index (χ4n) is 4.10. The van der Waals surface area contributed by atoms with Crippen molar-refractivity contribution >= 4 is 23.0 Å². The third-order valence-corrected chi connectivity index (χ3v) is 5.89. The summed E-state index contributed by atoms with van der Waals surface area (Å²) in [5, 5.41) is 16.5. The number of hydrogen-bond donors (Lipinski definition) is 3. The van der Waals surface area contributed by atoms with Crippen LogP contribution in [0.15, 0.2) is 64.2 Å². The summed E-state index contributed by atoms with van der Waals surface area (Å²) in [5.41, 5.74) is 7.30. The van der Waals surface area contributed by atoms with Crippen LogP contribution >= 0.6 is 0 Å². The molecule has 0 saturated heterocycles. The average Bonchev–Trinajstić information content (AvgIpc) is 3.19. The lowest BCUT2D eigenvalue weighted by Gasteiger charge is -2.13. The number of carbonyl (C=O) groups is 1. The van der Waals surface area contributed by atoms with Crippen LogP contribution < -0.4 is 17.0 Å². The Bertz CT molecular complexity index is 1510. The molecule has 0 bridgehead atoms. The lowest BCUT2D eigenvalue weighted by Crippen LogP contribution is -2.40. The molecule has 4 N–H and O–H groups in total. The fraction of sp³-hybridized carbons (Fsp3) is 0.240. The van der Waals surface area contributed by atoms with Crippen molar-refractivity contribution in [2.24, 2.45) is 12.8 Å². The molecule has 0 aliphatic carbocycles. The van der Waals surface area contributed by atoms with Crippen LogP contribution in [0.3, 0.4) is 0 Å². The van der Waals surface area contributed by atoms with Crippen LogP contribution in [0.5, 0.6) is 0 Å². The number of rotatable bonds is 9. The summed E-state index contributed by atoms with van der Waals surface area (Å²) < 4.78 is 4.39. The van der Waals surface area contributed by atoms with Crippen LogP contribution in [0, 0.1) is 5.41 Å². The van der Waals surface area contributed by atoms with Crippen molar-refractivity contribution in [1.82, 2.24) is 18.7 Å². The molecule has 0 amide bonds. The van der Waals surface area contributed by atoms with Gasteiger partial charge in [0.05, 0.1) is 6.54 Å². The van der Waals surface area contributed by atoms with Gasteiger partial charge in [-0.2, -0.15) is 0 Å². The Kier molecular flexibility index (Phi) is 6.63. The predicted octanol–water partition coefficient (Wildman–Crippen LogP) is 2.15. The summed E-state index contributed by atoms with van der Waals surface area (Å²) in [7, 11) is 1.75. The lowest BCUT2D eigenvalue weighted by atomic mass is 10.1. The average molecular weight is 475 g/mol. The second kappa shape index (κ2) is 9.80. The summed E-state index contributed by atoms with van der Waals surface area (Å²) in [5.74, 6) is -0.472. The van der Waals surface area contributed by atoms with Gasteiger partial charge in [0, 0.05) is 31.1 Å². The van der Waals surface area contributed by atoms with Gasteiger partial charge in [0.15, 0.2) is 11.2 Å². The Morgan fingerprint density at radius 2 is 1.71 bits per heavy atom. The summed E-state index contributed by atoms with van der Waals surface area (Å²) in [4.78, 5) is 42.3. The van der Waals surface area contributed by atoms with Gasteiger partial charge in [-0.1, -0.05) is 54.6 Å². The predicted molar refractivity (Wildman–Crippen MR) is 133 cm³/mol. The Labute approximate surface area is 200 Å². The number of nitrogens with two attached hydrogens (primary N) is 1. The SMILES string of the molecule is Cn1c(-c2ccc(C(=N)N)cc2)nc2c(=O)n(CCCCC(=O)O)c(=O)n(Cc3ccccc3)c21. The van der Waals surface area contributed by atoms with Crippen molar-refractivity contribution in [2.45, 2.75) is 32.4 Å². The molecule has 2 heterocycles. The number of carboxylic acid groups (broad SMARTS) is 1. The summed E-state index contributed by atoms with van der Waals surface area (Å²) in [6.07, 6.45) is 0.706. The molecule has 0 spiro atoms. The van der Waals surface area contributed by atoms with E-state index in [0.717, 1.165) is 10.1 Å². The molecule has 0 saturated carbocycles. The molecule has 4 rings (SSSR count). The van der Waals surface area contributed by atoms with Crippen molar-refractivity contribution in [3.05, 3.63) is 86.6 Å². The van der Waals surface area contributed by atoms with Crippen LogP contribution in [-0.4, -0.2) is 35.6 Å². The van der Waals surface area contributed by atoms with Crippen molar-refractivity contribution in [1.29, 1.82) is 5.41 Å². The van der Waals surface area contributed by atoms with Crippen LogP contribution in [-0.2, 0) is 24.9 Å². The van der Waals surface area contributed by atoms with E-state index in [-0.39, 0.29) is 30.9 Å². The molecule has 2 aromatic heterocycles. The lowest BCUT2D eigenvalue weighted by molar-refractivity contribution is -0.137. The molecule has 10 nitrogen and oxygen atoms in total. The number of nitrogen functional groups attached to an aromatic ring is 1. The first-order valence-electron chi connectivity index (χ1n) is 11.2.